The van der Waals surface area contributed by atoms with Crippen molar-refractivity contribution < 1.29 is 14.3 Å². The molecule has 4 nitrogen and oxygen atoms in total. The fraction of sp³-hybridized carbons (Fsp3) is 0.846. The van der Waals surface area contributed by atoms with Crippen molar-refractivity contribution >= 4 is 23.6 Å². The summed E-state index contributed by atoms with van der Waals surface area (Å²) in [7, 11) is 0. The Morgan fingerprint density at radius 1 is 1.28 bits per heavy atom. The first-order valence-electron chi connectivity index (χ1n) is 6.82. The van der Waals surface area contributed by atoms with Crippen LogP contribution in [-0.2, 0) is 14.3 Å². The van der Waals surface area contributed by atoms with E-state index in [1.54, 1.807) is 23.6 Å². The molecule has 0 aromatic rings. The zero-order valence-corrected chi connectivity index (χ0v) is 11.7. The summed E-state index contributed by atoms with van der Waals surface area (Å²) < 4.78 is 5.05. The van der Waals surface area contributed by atoms with Gasteiger partial charge < -0.3 is 9.64 Å². The molecule has 2 aliphatic rings. The lowest BCUT2D eigenvalue weighted by Gasteiger charge is -2.29. The van der Waals surface area contributed by atoms with Gasteiger partial charge in [0.1, 0.15) is 6.04 Å². The molecule has 0 radical (unpaired) electrons. The number of hydrogen-bond donors (Lipinski definition) is 0. The zero-order chi connectivity index (χ0) is 13.0. The highest BCUT2D eigenvalue weighted by atomic mass is 32.2. The van der Waals surface area contributed by atoms with Crippen molar-refractivity contribution in [2.75, 3.05) is 18.9 Å². The monoisotopic (exact) mass is 271 g/mol. The van der Waals surface area contributed by atoms with Gasteiger partial charge in [-0.3, -0.25) is 4.79 Å². The minimum absolute atomic E-state index is 0.0637. The molecule has 2 unspecified atom stereocenters. The van der Waals surface area contributed by atoms with Gasteiger partial charge in [0, 0.05) is 6.54 Å². The van der Waals surface area contributed by atoms with E-state index >= 15 is 0 Å². The predicted molar refractivity (Wildman–Crippen MR) is 71.5 cm³/mol. The summed E-state index contributed by atoms with van der Waals surface area (Å²) in [6.07, 6.45) is 4.95. The van der Waals surface area contributed by atoms with Gasteiger partial charge in [0.25, 0.3) is 0 Å². The maximum Gasteiger partial charge on any atom is 0.328 e. The summed E-state index contributed by atoms with van der Waals surface area (Å²) in [5.74, 6) is 0.980. The topological polar surface area (TPSA) is 46.6 Å². The third-order valence-corrected chi connectivity index (χ3v) is 4.91. The van der Waals surface area contributed by atoms with Gasteiger partial charge in [0.15, 0.2) is 0 Å². The van der Waals surface area contributed by atoms with Gasteiger partial charge in [-0.25, -0.2) is 4.79 Å². The highest BCUT2D eigenvalue weighted by Crippen LogP contribution is 2.29. The lowest BCUT2D eigenvalue weighted by atomic mass is 10.1. The molecule has 18 heavy (non-hydrogen) atoms. The summed E-state index contributed by atoms with van der Waals surface area (Å²) in [5.41, 5.74) is 0. The molecule has 0 N–H and O–H groups in total. The van der Waals surface area contributed by atoms with E-state index in [0.29, 0.717) is 13.2 Å². The molecule has 0 spiro atoms. The minimum atomic E-state index is -0.333. The molecule has 2 heterocycles. The van der Waals surface area contributed by atoms with E-state index < -0.39 is 0 Å². The first kappa shape index (κ1) is 13.7. The van der Waals surface area contributed by atoms with E-state index in [1.807, 2.05) is 0 Å². The molecule has 5 heteroatoms. The Hall–Kier alpha value is -0.710. The number of ether oxygens (including phenoxy) is 1. The summed E-state index contributed by atoms with van der Waals surface area (Å²) in [4.78, 5) is 26.0. The van der Waals surface area contributed by atoms with E-state index in [0.717, 1.165) is 31.4 Å². The van der Waals surface area contributed by atoms with E-state index in [9.17, 15) is 9.59 Å². The Morgan fingerprint density at radius 3 is 2.78 bits per heavy atom. The van der Waals surface area contributed by atoms with Gasteiger partial charge >= 0.3 is 5.97 Å². The average molecular weight is 271 g/mol. The molecule has 0 aromatic carbocycles. The van der Waals surface area contributed by atoms with Crippen LogP contribution in [0, 0.1) is 0 Å². The van der Waals surface area contributed by atoms with Gasteiger partial charge in [0.2, 0.25) is 5.91 Å². The quantitative estimate of drug-likeness (QED) is 0.735. The maximum absolute atomic E-state index is 12.4. The van der Waals surface area contributed by atoms with Gasteiger partial charge in [-0.2, -0.15) is 0 Å². The van der Waals surface area contributed by atoms with Crippen LogP contribution < -0.4 is 0 Å². The zero-order valence-electron chi connectivity index (χ0n) is 10.9. The number of hydrogen-bond acceptors (Lipinski definition) is 4. The number of thioether (sulfide) groups is 1. The number of esters is 1. The number of nitrogens with zero attached hydrogens (tertiary/aromatic N) is 1. The second kappa shape index (κ2) is 6.45. The van der Waals surface area contributed by atoms with Gasteiger partial charge in [-0.05, 0) is 38.4 Å². The molecule has 0 aromatic heterocycles. The molecule has 0 aliphatic carbocycles. The summed E-state index contributed by atoms with van der Waals surface area (Å²) in [5, 5.41) is 0.0637. The number of amides is 1. The predicted octanol–water partition coefficient (Wildman–Crippen LogP) is 1.83. The Balaban J connectivity index is 1.97. The molecule has 2 saturated heterocycles. The highest BCUT2D eigenvalue weighted by molar-refractivity contribution is 8.00. The normalized spacial score (nSPS) is 28.2. The van der Waals surface area contributed by atoms with Crippen LogP contribution in [0.15, 0.2) is 0 Å². The van der Waals surface area contributed by atoms with Crippen molar-refractivity contribution in [1.82, 2.24) is 4.90 Å². The summed E-state index contributed by atoms with van der Waals surface area (Å²) in [6.45, 7) is 2.89. The Morgan fingerprint density at radius 2 is 2.11 bits per heavy atom. The molecular weight excluding hydrogens is 250 g/mol. The van der Waals surface area contributed by atoms with Crippen LogP contribution in [-0.4, -0.2) is 47.0 Å². The van der Waals surface area contributed by atoms with Crippen molar-refractivity contribution in [1.29, 1.82) is 0 Å². The van der Waals surface area contributed by atoms with Crippen molar-refractivity contribution in [3.8, 4) is 0 Å². The fourth-order valence-electron chi connectivity index (χ4n) is 2.63. The van der Waals surface area contributed by atoms with Crippen LogP contribution in [0.2, 0.25) is 0 Å². The van der Waals surface area contributed by atoms with Crippen molar-refractivity contribution in [2.24, 2.45) is 0 Å². The van der Waals surface area contributed by atoms with Gasteiger partial charge in [0.05, 0.1) is 11.9 Å². The van der Waals surface area contributed by atoms with Crippen LogP contribution in [0.5, 0.6) is 0 Å². The van der Waals surface area contributed by atoms with Gasteiger partial charge in [-0.1, -0.05) is 6.42 Å². The lowest BCUT2D eigenvalue weighted by Crippen LogP contribution is -2.45. The van der Waals surface area contributed by atoms with Crippen molar-refractivity contribution in [2.45, 2.75) is 50.3 Å². The van der Waals surface area contributed by atoms with E-state index in [-0.39, 0.29) is 23.2 Å². The van der Waals surface area contributed by atoms with Crippen LogP contribution in [0.3, 0.4) is 0 Å². The Bertz CT molecular complexity index is 315. The maximum atomic E-state index is 12.4. The largest absolute Gasteiger partial charge is 0.464 e. The molecule has 1 amide bonds. The van der Waals surface area contributed by atoms with E-state index in [4.69, 9.17) is 4.74 Å². The third-order valence-electron chi connectivity index (χ3n) is 3.55. The van der Waals surface area contributed by atoms with Crippen LogP contribution in [0.25, 0.3) is 0 Å². The minimum Gasteiger partial charge on any atom is -0.464 e. The van der Waals surface area contributed by atoms with Crippen LogP contribution in [0.1, 0.15) is 39.0 Å². The molecule has 2 rings (SSSR count). The number of rotatable bonds is 3. The van der Waals surface area contributed by atoms with Crippen molar-refractivity contribution in [3.05, 3.63) is 0 Å². The first-order chi connectivity index (χ1) is 8.74. The molecule has 0 bridgehead atoms. The Labute approximate surface area is 112 Å². The summed E-state index contributed by atoms with van der Waals surface area (Å²) >= 11 is 1.74. The van der Waals surface area contributed by atoms with Crippen LogP contribution >= 0.6 is 11.8 Å². The van der Waals surface area contributed by atoms with E-state index in [2.05, 4.69) is 0 Å². The third kappa shape index (κ3) is 2.99. The van der Waals surface area contributed by atoms with Gasteiger partial charge in [-0.15, -0.1) is 11.8 Å². The SMILES string of the molecule is CCOC(=O)C1CCCN1C(=O)C1CCCCS1. The molecule has 2 fully saturated rings. The number of likely N-dealkylation sites (tertiary alicyclic amines) is 1. The fourth-order valence-corrected chi connectivity index (χ4v) is 3.90. The second-order valence-electron chi connectivity index (χ2n) is 4.80. The lowest BCUT2D eigenvalue weighted by molar-refractivity contribution is -0.152. The Kier molecular flexibility index (Phi) is 4.92. The number of carbonyl (C=O) groups excluding carboxylic acids is 2. The van der Waals surface area contributed by atoms with E-state index in [1.165, 1.54) is 6.42 Å². The summed E-state index contributed by atoms with van der Waals surface area (Å²) in [6, 6.07) is -0.333. The molecule has 2 aliphatic heterocycles. The van der Waals surface area contributed by atoms with Crippen molar-refractivity contribution in [3.63, 3.8) is 0 Å². The molecule has 102 valence electrons. The van der Waals surface area contributed by atoms with Crippen LogP contribution in [0.4, 0.5) is 0 Å². The molecular formula is C13H21NO3S. The number of carbonyl (C=O) groups is 2. The second-order valence-corrected chi connectivity index (χ2v) is 6.11. The average Bonchev–Trinajstić information content (AvgIpc) is 2.88. The smallest absolute Gasteiger partial charge is 0.328 e. The first-order valence-corrected chi connectivity index (χ1v) is 7.87. The molecule has 2 atom stereocenters. The highest BCUT2D eigenvalue weighted by Gasteiger charge is 2.38. The molecule has 0 saturated carbocycles. The standard InChI is InChI=1S/C13H21NO3S/c1-2-17-13(16)10-6-5-8-14(10)12(15)11-7-3-4-9-18-11/h10-11H,2-9H2,1H3.